The molecule has 4 aromatic heterocycles. The third kappa shape index (κ3) is 4.24. The molecule has 33 heavy (non-hydrogen) atoms. The average Bonchev–Trinajstić information content (AvgIpc) is 3.32. The minimum absolute atomic E-state index is 0.0247. The number of aryl methyl sites for hydroxylation is 1. The van der Waals surface area contributed by atoms with Crippen LogP contribution in [0.1, 0.15) is 18.3 Å². The number of aromatic nitrogens is 8. The molecule has 8 nitrogen and oxygen atoms in total. The Hall–Kier alpha value is -2.87. The number of hydrogen-bond donors (Lipinski definition) is 1. The molecule has 0 saturated heterocycles. The Morgan fingerprint density at radius 1 is 1.06 bits per heavy atom. The SMILES string of the molecule is CCSCc1[nH]c(-c2ccc(Cl)nn2)nc1-c1nc2cc(C(F)(F)C(F)(F)F)nnc2n1C. The molecule has 0 amide bonds. The van der Waals surface area contributed by atoms with E-state index >= 15 is 0 Å². The molecule has 0 aliphatic carbocycles. The van der Waals surface area contributed by atoms with Gasteiger partial charge in [-0.15, -0.1) is 20.4 Å². The van der Waals surface area contributed by atoms with Crippen molar-refractivity contribution in [2.24, 2.45) is 7.05 Å². The zero-order chi connectivity index (χ0) is 24.0. The molecule has 0 saturated carbocycles. The van der Waals surface area contributed by atoms with Crippen LogP contribution in [-0.4, -0.2) is 51.8 Å². The van der Waals surface area contributed by atoms with Crippen molar-refractivity contribution in [2.75, 3.05) is 5.75 Å². The topological polar surface area (TPSA) is 98.1 Å². The molecule has 1 N–H and O–H groups in total. The van der Waals surface area contributed by atoms with Crippen molar-refractivity contribution in [3.63, 3.8) is 0 Å². The summed E-state index contributed by atoms with van der Waals surface area (Å²) < 4.78 is 67.2. The van der Waals surface area contributed by atoms with Crippen LogP contribution in [0.3, 0.4) is 0 Å². The normalized spacial score (nSPS) is 12.6. The smallest absolute Gasteiger partial charge is 0.339 e. The molecule has 0 unspecified atom stereocenters. The molecule has 4 heterocycles. The molecule has 0 aliphatic rings. The Labute approximate surface area is 192 Å². The lowest BCUT2D eigenvalue weighted by molar-refractivity contribution is -0.291. The highest BCUT2D eigenvalue weighted by Gasteiger charge is 2.60. The van der Waals surface area contributed by atoms with Crippen molar-refractivity contribution in [1.29, 1.82) is 0 Å². The maximum absolute atomic E-state index is 13.7. The largest absolute Gasteiger partial charge is 0.459 e. The lowest BCUT2D eigenvalue weighted by Crippen LogP contribution is -2.34. The van der Waals surface area contributed by atoms with Gasteiger partial charge in [0.2, 0.25) is 0 Å². The Bertz CT molecular complexity index is 1300. The maximum atomic E-state index is 13.7. The fraction of sp³-hybridized carbons (Fsp3) is 0.333. The molecule has 174 valence electrons. The summed E-state index contributed by atoms with van der Waals surface area (Å²) in [6, 6.07) is 3.73. The third-order valence-electron chi connectivity index (χ3n) is 4.61. The van der Waals surface area contributed by atoms with Gasteiger partial charge in [0.05, 0.1) is 5.69 Å². The maximum Gasteiger partial charge on any atom is 0.459 e. The first-order valence-corrected chi connectivity index (χ1v) is 10.9. The van der Waals surface area contributed by atoms with Crippen LogP contribution >= 0.6 is 23.4 Å². The summed E-state index contributed by atoms with van der Waals surface area (Å²) in [6.07, 6.45) is -5.81. The van der Waals surface area contributed by atoms with Crippen LogP contribution in [-0.2, 0) is 18.7 Å². The summed E-state index contributed by atoms with van der Waals surface area (Å²) in [5.74, 6) is -3.28. The van der Waals surface area contributed by atoms with Crippen LogP contribution in [0, 0.1) is 0 Å². The number of halogens is 6. The highest BCUT2D eigenvalue weighted by atomic mass is 35.5. The van der Waals surface area contributed by atoms with Gasteiger partial charge >= 0.3 is 12.1 Å². The number of thioether (sulfide) groups is 1. The number of fused-ring (bicyclic) bond motifs is 1. The van der Waals surface area contributed by atoms with Crippen molar-refractivity contribution >= 4 is 34.5 Å². The van der Waals surface area contributed by atoms with Gasteiger partial charge in [-0.3, -0.25) is 0 Å². The number of H-pyrrole nitrogens is 1. The second-order valence-electron chi connectivity index (χ2n) is 6.80. The van der Waals surface area contributed by atoms with Crippen LogP contribution in [0.2, 0.25) is 5.15 Å². The van der Waals surface area contributed by atoms with E-state index in [0.717, 1.165) is 5.75 Å². The van der Waals surface area contributed by atoms with E-state index in [-0.39, 0.29) is 22.1 Å². The molecule has 0 fully saturated rings. The van der Waals surface area contributed by atoms with E-state index in [9.17, 15) is 22.0 Å². The van der Waals surface area contributed by atoms with Crippen LogP contribution in [0.25, 0.3) is 34.2 Å². The van der Waals surface area contributed by atoms with Crippen LogP contribution in [0.15, 0.2) is 18.2 Å². The molecule has 0 radical (unpaired) electrons. The van der Waals surface area contributed by atoms with Gasteiger partial charge in [0.15, 0.2) is 22.4 Å². The van der Waals surface area contributed by atoms with E-state index in [1.165, 1.54) is 11.6 Å². The molecule has 0 aliphatic heterocycles. The van der Waals surface area contributed by atoms with Crippen molar-refractivity contribution < 1.29 is 22.0 Å². The van der Waals surface area contributed by atoms with Crippen molar-refractivity contribution in [1.82, 2.24) is 39.9 Å². The number of alkyl halides is 5. The minimum Gasteiger partial charge on any atom is -0.339 e. The molecule has 0 atom stereocenters. The quantitative estimate of drug-likeness (QED) is 0.378. The molecule has 0 spiro atoms. The van der Waals surface area contributed by atoms with Crippen molar-refractivity contribution in [3.05, 3.63) is 34.7 Å². The zero-order valence-corrected chi connectivity index (χ0v) is 18.5. The van der Waals surface area contributed by atoms with E-state index in [0.29, 0.717) is 34.7 Å². The van der Waals surface area contributed by atoms with Gasteiger partial charge in [0.1, 0.15) is 22.6 Å². The standard InChI is InChI=1S/C18H14ClF5N8S/c1-3-33-7-10-13(27-14(25-10)8-4-5-12(19)30-28-8)16-26-9-6-11(17(20,21)18(22,23)24)29-31-15(9)32(16)2/h4-6H,3,7H2,1-2H3,(H,25,27). The fourth-order valence-corrected chi connectivity index (χ4v) is 3.68. The number of nitrogens with one attached hydrogen (secondary N) is 1. The Balaban J connectivity index is 1.83. The molecule has 0 bridgehead atoms. The van der Waals surface area contributed by atoms with Gasteiger partial charge in [-0.1, -0.05) is 18.5 Å². The van der Waals surface area contributed by atoms with Crippen molar-refractivity contribution in [2.45, 2.75) is 24.8 Å². The molecule has 4 rings (SSSR count). The highest BCUT2D eigenvalue weighted by Crippen LogP contribution is 2.43. The number of hydrogen-bond acceptors (Lipinski definition) is 7. The average molecular weight is 505 g/mol. The first-order chi connectivity index (χ1) is 15.5. The van der Waals surface area contributed by atoms with E-state index < -0.39 is 17.8 Å². The Morgan fingerprint density at radius 3 is 2.45 bits per heavy atom. The molecule has 0 aromatic carbocycles. The molecular weight excluding hydrogens is 491 g/mol. The second-order valence-corrected chi connectivity index (χ2v) is 8.46. The monoisotopic (exact) mass is 504 g/mol. The number of nitrogens with zero attached hydrogens (tertiary/aromatic N) is 7. The third-order valence-corrected chi connectivity index (χ3v) is 5.71. The number of imidazole rings is 2. The highest BCUT2D eigenvalue weighted by molar-refractivity contribution is 7.98. The lowest BCUT2D eigenvalue weighted by Gasteiger charge is -2.17. The Morgan fingerprint density at radius 2 is 1.82 bits per heavy atom. The van der Waals surface area contributed by atoms with Gasteiger partial charge in [-0.2, -0.15) is 33.7 Å². The van der Waals surface area contributed by atoms with E-state index in [4.69, 9.17) is 11.6 Å². The first kappa shape index (κ1) is 23.3. The van der Waals surface area contributed by atoms with Crippen LogP contribution in [0.5, 0.6) is 0 Å². The second kappa shape index (κ2) is 8.48. The van der Waals surface area contributed by atoms with Gasteiger partial charge in [0.25, 0.3) is 0 Å². The van der Waals surface area contributed by atoms with Crippen LogP contribution < -0.4 is 0 Å². The van der Waals surface area contributed by atoms with Crippen molar-refractivity contribution in [3.8, 4) is 23.0 Å². The zero-order valence-electron chi connectivity index (χ0n) is 17.0. The first-order valence-electron chi connectivity index (χ1n) is 9.34. The summed E-state index contributed by atoms with van der Waals surface area (Å²) in [7, 11) is 1.54. The van der Waals surface area contributed by atoms with Gasteiger partial charge in [-0.25, -0.2) is 9.97 Å². The molecular formula is C18H14ClF5N8S. The molecule has 15 heteroatoms. The Kier molecular flexibility index (Phi) is 5.99. The summed E-state index contributed by atoms with van der Waals surface area (Å²) >= 11 is 7.37. The summed E-state index contributed by atoms with van der Waals surface area (Å²) in [5.41, 5.74) is -0.261. The predicted octanol–water partition coefficient (Wildman–Crippen LogP) is 4.77. The summed E-state index contributed by atoms with van der Waals surface area (Å²) in [6.45, 7) is 1.97. The fourth-order valence-electron chi connectivity index (χ4n) is 2.96. The van der Waals surface area contributed by atoms with E-state index in [1.54, 1.807) is 23.9 Å². The predicted molar refractivity (Wildman–Crippen MR) is 112 cm³/mol. The summed E-state index contributed by atoms with van der Waals surface area (Å²) in [5, 5.41) is 14.6. The molecule has 4 aromatic rings. The minimum atomic E-state index is -5.81. The van der Waals surface area contributed by atoms with E-state index in [1.807, 2.05) is 6.92 Å². The van der Waals surface area contributed by atoms with E-state index in [2.05, 4.69) is 35.3 Å². The number of aromatic amines is 1. The van der Waals surface area contributed by atoms with Crippen LogP contribution in [0.4, 0.5) is 22.0 Å². The van der Waals surface area contributed by atoms with Gasteiger partial charge < -0.3 is 9.55 Å². The van der Waals surface area contributed by atoms with Gasteiger partial charge in [-0.05, 0) is 24.0 Å². The van der Waals surface area contributed by atoms with Gasteiger partial charge in [0, 0.05) is 12.8 Å². The lowest BCUT2D eigenvalue weighted by atomic mass is 10.2. The number of rotatable bonds is 6. The summed E-state index contributed by atoms with van der Waals surface area (Å²) in [4.78, 5) is 11.9.